The SMILES string of the molecule is Cc1c(Br)cccc1NC(=O)CC#N. The molecule has 1 rings (SSSR count). The molecular weight excluding hydrogens is 244 g/mol. The zero-order chi connectivity index (χ0) is 10.6. The molecule has 0 unspecified atom stereocenters. The van der Waals surface area contributed by atoms with Gasteiger partial charge in [0.1, 0.15) is 6.42 Å². The zero-order valence-electron chi connectivity index (χ0n) is 7.67. The van der Waals surface area contributed by atoms with E-state index in [1.165, 1.54) is 0 Å². The molecule has 0 saturated heterocycles. The van der Waals surface area contributed by atoms with Crippen LogP contribution in [0.15, 0.2) is 22.7 Å². The van der Waals surface area contributed by atoms with Gasteiger partial charge < -0.3 is 5.32 Å². The summed E-state index contributed by atoms with van der Waals surface area (Å²) in [5.74, 6) is -0.284. The van der Waals surface area contributed by atoms with Gasteiger partial charge in [0.05, 0.1) is 6.07 Å². The van der Waals surface area contributed by atoms with Gasteiger partial charge in [-0.3, -0.25) is 4.79 Å². The van der Waals surface area contributed by atoms with Gasteiger partial charge in [0.15, 0.2) is 0 Å². The Kier molecular flexibility index (Phi) is 3.66. The third kappa shape index (κ3) is 2.57. The molecule has 4 heteroatoms. The molecule has 0 spiro atoms. The largest absolute Gasteiger partial charge is 0.325 e. The van der Waals surface area contributed by atoms with Crippen molar-refractivity contribution in [2.24, 2.45) is 0 Å². The number of nitrogens with zero attached hydrogens (tertiary/aromatic N) is 1. The van der Waals surface area contributed by atoms with Crippen LogP contribution in [0.4, 0.5) is 5.69 Å². The lowest BCUT2D eigenvalue weighted by molar-refractivity contribution is -0.115. The van der Waals surface area contributed by atoms with Gasteiger partial charge in [-0.05, 0) is 24.6 Å². The number of anilines is 1. The van der Waals surface area contributed by atoms with Crippen LogP contribution in [0.3, 0.4) is 0 Å². The van der Waals surface area contributed by atoms with Crippen LogP contribution in [0.5, 0.6) is 0 Å². The van der Waals surface area contributed by atoms with Crippen LogP contribution in [0.2, 0.25) is 0 Å². The Morgan fingerprint density at radius 3 is 3.00 bits per heavy atom. The summed E-state index contributed by atoms with van der Waals surface area (Å²) in [4.78, 5) is 11.1. The van der Waals surface area contributed by atoms with E-state index in [2.05, 4.69) is 21.2 Å². The van der Waals surface area contributed by atoms with Gasteiger partial charge in [0.25, 0.3) is 0 Å². The van der Waals surface area contributed by atoms with Crippen molar-refractivity contribution in [1.29, 1.82) is 5.26 Å². The Hall–Kier alpha value is -1.34. The fourth-order valence-corrected chi connectivity index (χ4v) is 1.38. The van der Waals surface area contributed by atoms with Gasteiger partial charge in [0, 0.05) is 10.2 Å². The average Bonchev–Trinajstić information content (AvgIpc) is 2.13. The van der Waals surface area contributed by atoms with Crippen LogP contribution in [-0.4, -0.2) is 5.91 Å². The van der Waals surface area contributed by atoms with E-state index in [-0.39, 0.29) is 12.3 Å². The van der Waals surface area contributed by atoms with E-state index in [4.69, 9.17) is 5.26 Å². The first kappa shape index (κ1) is 10.7. The summed E-state index contributed by atoms with van der Waals surface area (Å²) in [5, 5.41) is 11.0. The van der Waals surface area contributed by atoms with Crippen LogP contribution in [0, 0.1) is 18.3 Å². The first-order valence-electron chi connectivity index (χ1n) is 4.07. The molecule has 0 heterocycles. The highest BCUT2D eigenvalue weighted by molar-refractivity contribution is 9.10. The van der Waals surface area contributed by atoms with Gasteiger partial charge in [-0.2, -0.15) is 5.26 Å². The van der Waals surface area contributed by atoms with Crippen molar-refractivity contribution in [3.63, 3.8) is 0 Å². The highest BCUT2D eigenvalue weighted by atomic mass is 79.9. The van der Waals surface area contributed by atoms with Gasteiger partial charge in [-0.25, -0.2) is 0 Å². The van der Waals surface area contributed by atoms with E-state index < -0.39 is 0 Å². The zero-order valence-corrected chi connectivity index (χ0v) is 9.26. The van der Waals surface area contributed by atoms with E-state index in [0.29, 0.717) is 0 Å². The lowest BCUT2D eigenvalue weighted by Crippen LogP contribution is -2.11. The first-order valence-corrected chi connectivity index (χ1v) is 4.86. The number of rotatable bonds is 2. The number of hydrogen-bond donors (Lipinski definition) is 1. The average molecular weight is 253 g/mol. The lowest BCUT2D eigenvalue weighted by atomic mass is 10.2. The monoisotopic (exact) mass is 252 g/mol. The molecule has 0 radical (unpaired) electrons. The normalized spacial score (nSPS) is 9.21. The molecular formula is C10H9BrN2O. The van der Waals surface area contributed by atoms with Crippen molar-refractivity contribution >= 4 is 27.5 Å². The maximum Gasteiger partial charge on any atom is 0.238 e. The van der Waals surface area contributed by atoms with Crippen molar-refractivity contribution in [1.82, 2.24) is 0 Å². The molecule has 1 aromatic carbocycles. The Bertz CT molecular complexity index is 396. The summed E-state index contributed by atoms with van der Waals surface area (Å²) in [6, 6.07) is 7.33. The van der Waals surface area contributed by atoms with E-state index in [1.807, 2.05) is 19.1 Å². The van der Waals surface area contributed by atoms with E-state index in [9.17, 15) is 4.79 Å². The smallest absolute Gasteiger partial charge is 0.238 e. The molecule has 0 aliphatic carbocycles. The number of nitriles is 1. The molecule has 0 saturated carbocycles. The minimum atomic E-state index is -0.284. The van der Waals surface area contributed by atoms with Crippen molar-refractivity contribution in [2.75, 3.05) is 5.32 Å². The van der Waals surface area contributed by atoms with E-state index in [0.717, 1.165) is 15.7 Å². The standard InChI is InChI=1S/C10H9BrN2O/c1-7-8(11)3-2-4-9(7)13-10(14)5-6-12/h2-4H,5H2,1H3,(H,13,14). The molecule has 72 valence electrons. The fraction of sp³-hybridized carbons (Fsp3) is 0.200. The molecule has 0 bridgehead atoms. The number of amides is 1. The highest BCUT2D eigenvalue weighted by Crippen LogP contribution is 2.23. The first-order chi connectivity index (χ1) is 6.65. The molecule has 0 aliphatic heterocycles. The summed E-state index contributed by atoms with van der Waals surface area (Å²) in [5.41, 5.74) is 1.69. The van der Waals surface area contributed by atoms with Gasteiger partial charge in [-0.15, -0.1) is 0 Å². The number of carbonyl (C=O) groups is 1. The number of halogens is 1. The quantitative estimate of drug-likeness (QED) is 0.880. The van der Waals surface area contributed by atoms with Crippen LogP contribution in [0.1, 0.15) is 12.0 Å². The van der Waals surface area contributed by atoms with Crippen molar-refractivity contribution in [2.45, 2.75) is 13.3 Å². The summed E-state index contributed by atoms with van der Waals surface area (Å²) >= 11 is 3.36. The van der Waals surface area contributed by atoms with Crippen molar-refractivity contribution in [3.8, 4) is 6.07 Å². The Balaban J connectivity index is 2.83. The van der Waals surface area contributed by atoms with Crippen LogP contribution in [0.25, 0.3) is 0 Å². The molecule has 0 atom stereocenters. The molecule has 3 nitrogen and oxygen atoms in total. The third-order valence-electron chi connectivity index (χ3n) is 1.78. The second kappa shape index (κ2) is 4.77. The van der Waals surface area contributed by atoms with Crippen LogP contribution in [-0.2, 0) is 4.79 Å². The lowest BCUT2D eigenvalue weighted by Gasteiger charge is -2.07. The maximum absolute atomic E-state index is 11.1. The molecule has 14 heavy (non-hydrogen) atoms. The highest BCUT2D eigenvalue weighted by Gasteiger charge is 2.05. The topological polar surface area (TPSA) is 52.9 Å². The van der Waals surface area contributed by atoms with Crippen molar-refractivity contribution < 1.29 is 4.79 Å². The third-order valence-corrected chi connectivity index (χ3v) is 2.64. The van der Waals surface area contributed by atoms with E-state index in [1.54, 1.807) is 12.1 Å². The van der Waals surface area contributed by atoms with Gasteiger partial charge in [0.2, 0.25) is 5.91 Å². The molecule has 1 aromatic rings. The number of carbonyl (C=O) groups excluding carboxylic acids is 1. The summed E-state index contributed by atoms with van der Waals surface area (Å²) < 4.78 is 0.937. The minimum Gasteiger partial charge on any atom is -0.325 e. The maximum atomic E-state index is 11.1. The Morgan fingerprint density at radius 1 is 1.64 bits per heavy atom. The molecule has 1 N–H and O–H groups in total. The van der Waals surface area contributed by atoms with Gasteiger partial charge in [-0.1, -0.05) is 22.0 Å². The molecule has 0 aromatic heterocycles. The van der Waals surface area contributed by atoms with E-state index >= 15 is 0 Å². The number of hydrogen-bond acceptors (Lipinski definition) is 2. The molecule has 1 amide bonds. The van der Waals surface area contributed by atoms with Crippen LogP contribution < -0.4 is 5.32 Å². The summed E-state index contributed by atoms with van der Waals surface area (Å²) in [6.07, 6.45) is -0.119. The molecule has 0 aliphatic rings. The fourth-order valence-electron chi connectivity index (χ4n) is 1.01. The predicted molar refractivity (Wildman–Crippen MR) is 57.7 cm³/mol. The summed E-state index contributed by atoms with van der Waals surface area (Å²) in [7, 11) is 0. The Morgan fingerprint density at radius 2 is 2.36 bits per heavy atom. The Labute approximate surface area is 90.9 Å². The predicted octanol–water partition coefficient (Wildman–Crippen LogP) is 2.61. The number of nitrogens with one attached hydrogen (secondary N) is 1. The van der Waals surface area contributed by atoms with Crippen LogP contribution >= 0.6 is 15.9 Å². The van der Waals surface area contributed by atoms with Crippen molar-refractivity contribution in [3.05, 3.63) is 28.2 Å². The second-order valence-corrected chi connectivity index (χ2v) is 3.65. The molecule has 0 fully saturated rings. The van der Waals surface area contributed by atoms with Gasteiger partial charge >= 0.3 is 0 Å². The second-order valence-electron chi connectivity index (χ2n) is 2.80. The summed E-state index contributed by atoms with van der Waals surface area (Å²) in [6.45, 7) is 1.89. The number of benzene rings is 1. The minimum absolute atomic E-state index is 0.119.